The maximum Gasteiger partial charge on any atom is 0.123 e. The number of benzene rings is 2. The molecule has 0 aliphatic rings. The van der Waals surface area contributed by atoms with E-state index in [1.807, 2.05) is 30.3 Å². The zero-order valence-corrected chi connectivity index (χ0v) is 9.81. The zero-order chi connectivity index (χ0) is 12.4. The molecule has 0 aliphatic heterocycles. The summed E-state index contributed by atoms with van der Waals surface area (Å²) >= 11 is 0. The first-order valence-electron chi connectivity index (χ1n) is 5.90. The van der Waals surface area contributed by atoms with E-state index in [1.165, 1.54) is 17.7 Å². The van der Waals surface area contributed by atoms with Gasteiger partial charge in [0.1, 0.15) is 5.82 Å². The largest absolute Gasteiger partial charge is 0.256 e. The summed E-state index contributed by atoms with van der Waals surface area (Å²) in [7, 11) is 0. The van der Waals surface area contributed by atoms with Crippen LogP contribution in [0.5, 0.6) is 0 Å². The van der Waals surface area contributed by atoms with E-state index in [0.717, 1.165) is 22.9 Å². The van der Waals surface area contributed by atoms with Crippen LogP contribution in [-0.4, -0.2) is 4.98 Å². The molecule has 1 nitrogen and oxygen atoms in total. The van der Waals surface area contributed by atoms with Gasteiger partial charge in [-0.1, -0.05) is 30.3 Å². The molecule has 2 heteroatoms. The molecule has 88 valence electrons. The predicted octanol–water partition coefficient (Wildman–Crippen LogP) is 3.96. The molecule has 18 heavy (non-hydrogen) atoms. The molecule has 0 unspecified atom stereocenters. The molecule has 3 rings (SSSR count). The zero-order valence-electron chi connectivity index (χ0n) is 9.81. The Morgan fingerprint density at radius 1 is 0.889 bits per heavy atom. The fraction of sp³-hybridized carbons (Fsp3) is 0.0625. The Hall–Kier alpha value is -2.22. The van der Waals surface area contributed by atoms with Gasteiger partial charge in [-0.3, -0.25) is 4.98 Å². The SMILES string of the molecule is Fc1ccc(Cc2cccc3ncccc23)cc1. The molecule has 2 aromatic carbocycles. The summed E-state index contributed by atoms with van der Waals surface area (Å²) < 4.78 is 12.9. The van der Waals surface area contributed by atoms with Crippen molar-refractivity contribution in [1.29, 1.82) is 0 Å². The van der Waals surface area contributed by atoms with Crippen molar-refractivity contribution in [2.75, 3.05) is 0 Å². The summed E-state index contributed by atoms with van der Waals surface area (Å²) in [5, 5.41) is 1.16. The average molecular weight is 237 g/mol. The van der Waals surface area contributed by atoms with E-state index in [1.54, 1.807) is 6.20 Å². The van der Waals surface area contributed by atoms with E-state index in [2.05, 4.69) is 17.1 Å². The number of nitrogens with zero attached hydrogens (tertiary/aromatic N) is 1. The Morgan fingerprint density at radius 2 is 1.72 bits per heavy atom. The fourth-order valence-electron chi connectivity index (χ4n) is 2.14. The van der Waals surface area contributed by atoms with Gasteiger partial charge in [0.2, 0.25) is 0 Å². The van der Waals surface area contributed by atoms with Crippen LogP contribution in [0.4, 0.5) is 4.39 Å². The molecule has 1 aromatic heterocycles. The van der Waals surface area contributed by atoms with E-state index in [0.29, 0.717) is 0 Å². The third kappa shape index (κ3) is 2.09. The van der Waals surface area contributed by atoms with Crippen molar-refractivity contribution in [3.8, 4) is 0 Å². The minimum Gasteiger partial charge on any atom is -0.256 e. The van der Waals surface area contributed by atoms with Gasteiger partial charge in [-0.15, -0.1) is 0 Å². The van der Waals surface area contributed by atoms with Crippen LogP contribution in [0, 0.1) is 5.82 Å². The lowest BCUT2D eigenvalue weighted by molar-refractivity contribution is 0.627. The van der Waals surface area contributed by atoms with Gasteiger partial charge in [-0.25, -0.2) is 4.39 Å². The first-order valence-corrected chi connectivity index (χ1v) is 5.90. The Balaban J connectivity index is 2.02. The number of pyridine rings is 1. The Morgan fingerprint density at radius 3 is 2.56 bits per heavy atom. The van der Waals surface area contributed by atoms with Crippen molar-refractivity contribution in [2.24, 2.45) is 0 Å². The van der Waals surface area contributed by atoms with E-state index in [9.17, 15) is 4.39 Å². The topological polar surface area (TPSA) is 12.9 Å². The molecule has 0 spiro atoms. The van der Waals surface area contributed by atoms with Gasteiger partial charge in [0.15, 0.2) is 0 Å². The van der Waals surface area contributed by atoms with Crippen molar-refractivity contribution < 1.29 is 4.39 Å². The highest BCUT2D eigenvalue weighted by atomic mass is 19.1. The van der Waals surface area contributed by atoms with E-state index in [-0.39, 0.29) is 5.82 Å². The van der Waals surface area contributed by atoms with Crippen LogP contribution in [-0.2, 0) is 6.42 Å². The molecule has 0 fully saturated rings. The van der Waals surface area contributed by atoms with Gasteiger partial charge >= 0.3 is 0 Å². The van der Waals surface area contributed by atoms with Crippen LogP contribution in [0.1, 0.15) is 11.1 Å². The van der Waals surface area contributed by atoms with Crippen LogP contribution >= 0.6 is 0 Å². The number of aromatic nitrogens is 1. The minimum atomic E-state index is -0.196. The second-order valence-corrected chi connectivity index (χ2v) is 4.29. The van der Waals surface area contributed by atoms with Crippen molar-refractivity contribution in [1.82, 2.24) is 4.98 Å². The lowest BCUT2D eigenvalue weighted by Gasteiger charge is -2.06. The highest BCUT2D eigenvalue weighted by Crippen LogP contribution is 2.19. The number of halogens is 1. The second-order valence-electron chi connectivity index (χ2n) is 4.29. The molecular formula is C16H12FN. The summed E-state index contributed by atoms with van der Waals surface area (Å²) in [6.07, 6.45) is 2.59. The number of hydrogen-bond donors (Lipinski definition) is 0. The summed E-state index contributed by atoms with van der Waals surface area (Å²) in [5.41, 5.74) is 3.32. The van der Waals surface area contributed by atoms with Crippen LogP contribution in [0.15, 0.2) is 60.8 Å². The van der Waals surface area contributed by atoms with Gasteiger partial charge in [-0.2, -0.15) is 0 Å². The standard InChI is InChI=1S/C16H12FN/c17-14-8-6-12(7-9-14)11-13-3-1-5-16-15(13)4-2-10-18-16/h1-10H,11H2. The van der Waals surface area contributed by atoms with E-state index < -0.39 is 0 Å². The van der Waals surface area contributed by atoms with Gasteiger partial charge < -0.3 is 0 Å². The maximum absolute atomic E-state index is 12.9. The molecule has 0 saturated carbocycles. The maximum atomic E-state index is 12.9. The van der Waals surface area contributed by atoms with Crippen molar-refractivity contribution >= 4 is 10.9 Å². The first-order chi connectivity index (χ1) is 8.83. The summed E-state index contributed by atoms with van der Waals surface area (Å²) in [4.78, 5) is 4.34. The normalized spacial score (nSPS) is 10.7. The summed E-state index contributed by atoms with van der Waals surface area (Å²) in [5.74, 6) is -0.196. The van der Waals surface area contributed by atoms with Crippen molar-refractivity contribution in [2.45, 2.75) is 6.42 Å². The Kier molecular flexibility index (Phi) is 2.77. The molecule has 0 saturated heterocycles. The summed E-state index contributed by atoms with van der Waals surface area (Å²) in [6.45, 7) is 0. The summed E-state index contributed by atoms with van der Waals surface area (Å²) in [6, 6.07) is 16.8. The molecule has 0 N–H and O–H groups in total. The quantitative estimate of drug-likeness (QED) is 0.657. The van der Waals surface area contributed by atoms with Crippen LogP contribution < -0.4 is 0 Å². The molecule has 3 aromatic rings. The Bertz CT molecular complexity index is 669. The fourth-order valence-corrected chi connectivity index (χ4v) is 2.14. The van der Waals surface area contributed by atoms with Crippen LogP contribution in [0.3, 0.4) is 0 Å². The smallest absolute Gasteiger partial charge is 0.123 e. The second kappa shape index (κ2) is 4.57. The average Bonchev–Trinajstić information content (AvgIpc) is 2.42. The minimum absolute atomic E-state index is 0.196. The molecule has 0 bridgehead atoms. The third-order valence-corrected chi connectivity index (χ3v) is 3.04. The third-order valence-electron chi connectivity index (χ3n) is 3.04. The highest BCUT2D eigenvalue weighted by Gasteiger charge is 2.02. The number of hydrogen-bond acceptors (Lipinski definition) is 1. The first kappa shape index (κ1) is 10.9. The molecule has 1 heterocycles. The van der Waals surface area contributed by atoms with Gasteiger partial charge in [-0.05, 0) is 41.8 Å². The van der Waals surface area contributed by atoms with Gasteiger partial charge in [0.05, 0.1) is 5.52 Å². The van der Waals surface area contributed by atoms with Gasteiger partial charge in [0.25, 0.3) is 0 Å². The Labute approximate surface area is 105 Å². The molecule has 0 amide bonds. The molecule has 0 radical (unpaired) electrons. The van der Waals surface area contributed by atoms with Crippen molar-refractivity contribution in [3.63, 3.8) is 0 Å². The lowest BCUT2D eigenvalue weighted by Crippen LogP contribution is -1.91. The highest BCUT2D eigenvalue weighted by molar-refractivity contribution is 5.82. The van der Waals surface area contributed by atoms with E-state index >= 15 is 0 Å². The van der Waals surface area contributed by atoms with E-state index in [4.69, 9.17) is 0 Å². The van der Waals surface area contributed by atoms with Gasteiger partial charge in [0, 0.05) is 11.6 Å². The molecule has 0 aliphatic carbocycles. The van der Waals surface area contributed by atoms with Crippen LogP contribution in [0.25, 0.3) is 10.9 Å². The lowest BCUT2D eigenvalue weighted by atomic mass is 10.0. The monoisotopic (exact) mass is 237 g/mol. The number of rotatable bonds is 2. The van der Waals surface area contributed by atoms with Crippen LogP contribution in [0.2, 0.25) is 0 Å². The molecular weight excluding hydrogens is 225 g/mol. The molecule has 0 atom stereocenters. The van der Waals surface area contributed by atoms with Crippen molar-refractivity contribution in [3.05, 3.63) is 77.7 Å². The predicted molar refractivity (Wildman–Crippen MR) is 70.9 cm³/mol. The number of fused-ring (bicyclic) bond motifs is 1.